The minimum Gasteiger partial charge on any atom is -0.487 e. The number of aryl methyl sites for hydroxylation is 2. The number of aliphatic hydroxyl groups is 1. The Morgan fingerprint density at radius 1 is 1.21 bits per heavy atom. The number of hydrogen-bond donors (Lipinski definition) is 2. The van der Waals surface area contributed by atoms with Crippen LogP contribution in [0.3, 0.4) is 0 Å². The number of rotatable bonds is 9. The standard InChI is InChI=1S/C26H34N4O2S/c1-4-18-5-10-25-20(13-18)8-11-24(19-6-7-19)30(25)33-22-9-12-26(21(14-22)15-31)32-16-23(29-27)17(2)28-3/h5,9-10,12-14,19,24,31H,4,6-8,11,15-16,27H2,1-3H3. The lowest BCUT2D eigenvalue weighted by Crippen LogP contribution is -2.35. The largest absolute Gasteiger partial charge is 0.487 e. The fourth-order valence-electron chi connectivity index (χ4n) is 4.40. The van der Waals surface area contributed by atoms with Crippen molar-refractivity contribution in [3.8, 4) is 5.75 Å². The van der Waals surface area contributed by atoms with E-state index in [1.165, 1.54) is 36.1 Å². The number of nitrogens with two attached hydrogens (primary N) is 1. The average Bonchev–Trinajstić information content (AvgIpc) is 3.69. The molecular weight excluding hydrogens is 432 g/mol. The number of aliphatic hydroxyl groups excluding tert-OH is 1. The molecule has 2 aliphatic rings. The second-order valence-corrected chi connectivity index (χ2v) is 9.83. The molecule has 1 aliphatic heterocycles. The number of anilines is 1. The molecule has 3 N–H and O–H groups in total. The maximum atomic E-state index is 10.0. The summed E-state index contributed by atoms with van der Waals surface area (Å²) >= 11 is 1.78. The van der Waals surface area contributed by atoms with Crippen LogP contribution < -0.4 is 14.9 Å². The van der Waals surface area contributed by atoms with E-state index in [9.17, 15) is 5.11 Å². The quantitative estimate of drug-likeness (QED) is 0.241. The smallest absolute Gasteiger partial charge is 0.134 e. The van der Waals surface area contributed by atoms with Crippen molar-refractivity contribution in [1.29, 1.82) is 0 Å². The lowest BCUT2D eigenvalue weighted by Gasteiger charge is -2.38. The van der Waals surface area contributed by atoms with Crippen LogP contribution in [-0.2, 0) is 19.4 Å². The van der Waals surface area contributed by atoms with Crippen molar-refractivity contribution in [2.24, 2.45) is 21.9 Å². The number of benzene rings is 2. The van der Waals surface area contributed by atoms with Gasteiger partial charge < -0.3 is 20.0 Å². The van der Waals surface area contributed by atoms with E-state index in [1.54, 1.807) is 19.0 Å². The lowest BCUT2D eigenvalue weighted by atomic mass is 9.93. The van der Waals surface area contributed by atoms with Gasteiger partial charge in [-0.2, -0.15) is 5.10 Å². The van der Waals surface area contributed by atoms with Crippen LogP contribution >= 0.6 is 11.9 Å². The molecule has 7 heteroatoms. The lowest BCUT2D eigenvalue weighted by molar-refractivity contribution is 0.271. The van der Waals surface area contributed by atoms with E-state index in [-0.39, 0.29) is 13.2 Å². The van der Waals surface area contributed by atoms with Gasteiger partial charge in [0.15, 0.2) is 0 Å². The Hall–Kier alpha value is -2.51. The first-order valence-corrected chi connectivity index (χ1v) is 12.5. The molecule has 0 saturated heterocycles. The molecule has 1 aliphatic carbocycles. The average molecular weight is 467 g/mol. The van der Waals surface area contributed by atoms with Crippen LogP contribution in [0.25, 0.3) is 0 Å². The van der Waals surface area contributed by atoms with Crippen LogP contribution in [0.2, 0.25) is 0 Å². The van der Waals surface area contributed by atoms with Crippen LogP contribution in [0.15, 0.2) is 51.4 Å². The minimum atomic E-state index is -0.0951. The van der Waals surface area contributed by atoms with Gasteiger partial charge in [-0.15, -0.1) is 0 Å². The van der Waals surface area contributed by atoms with Gasteiger partial charge in [0.05, 0.1) is 18.0 Å². The molecule has 0 spiro atoms. The van der Waals surface area contributed by atoms with Gasteiger partial charge in [-0.1, -0.05) is 19.1 Å². The molecule has 0 amide bonds. The molecule has 0 bridgehead atoms. The van der Waals surface area contributed by atoms with Crippen molar-refractivity contribution in [3.63, 3.8) is 0 Å². The number of nitrogens with zero attached hydrogens (tertiary/aromatic N) is 3. The van der Waals surface area contributed by atoms with Crippen LogP contribution in [0.1, 0.15) is 49.8 Å². The summed E-state index contributed by atoms with van der Waals surface area (Å²) in [7, 11) is 1.70. The first kappa shape index (κ1) is 23.6. The van der Waals surface area contributed by atoms with E-state index in [2.05, 4.69) is 45.6 Å². The third-order valence-corrected chi connectivity index (χ3v) is 7.77. The zero-order valence-corrected chi connectivity index (χ0v) is 20.6. The zero-order chi connectivity index (χ0) is 23.4. The Morgan fingerprint density at radius 3 is 2.70 bits per heavy atom. The second-order valence-electron chi connectivity index (χ2n) is 8.78. The summed E-state index contributed by atoms with van der Waals surface area (Å²) in [6.45, 7) is 4.17. The van der Waals surface area contributed by atoms with E-state index in [4.69, 9.17) is 10.6 Å². The number of hydrazone groups is 1. The van der Waals surface area contributed by atoms with Crippen molar-refractivity contribution in [2.45, 2.75) is 63.5 Å². The number of hydrogen-bond acceptors (Lipinski definition) is 7. The monoisotopic (exact) mass is 466 g/mol. The molecule has 1 unspecified atom stereocenters. The minimum absolute atomic E-state index is 0.0951. The number of aliphatic imine (C=N–C) groups is 1. The van der Waals surface area contributed by atoms with Gasteiger partial charge in [-0.3, -0.25) is 4.99 Å². The van der Waals surface area contributed by atoms with E-state index in [1.807, 2.05) is 19.1 Å². The third-order valence-electron chi connectivity index (χ3n) is 6.65. The summed E-state index contributed by atoms with van der Waals surface area (Å²) in [6.07, 6.45) is 6.07. The predicted octanol–water partition coefficient (Wildman–Crippen LogP) is 4.76. The van der Waals surface area contributed by atoms with Crippen molar-refractivity contribution >= 4 is 29.1 Å². The van der Waals surface area contributed by atoms with Gasteiger partial charge in [0.1, 0.15) is 18.1 Å². The first-order chi connectivity index (χ1) is 16.1. The van der Waals surface area contributed by atoms with Crippen LogP contribution in [0, 0.1) is 5.92 Å². The van der Waals surface area contributed by atoms with E-state index in [0.29, 0.717) is 17.5 Å². The summed E-state index contributed by atoms with van der Waals surface area (Å²) in [5.74, 6) is 6.90. The number of ether oxygens (including phenoxy) is 1. The molecule has 1 saturated carbocycles. The normalized spacial score (nSPS) is 18.9. The molecule has 4 rings (SSSR count). The first-order valence-electron chi connectivity index (χ1n) is 11.7. The molecule has 176 valence electrons. The molecule has 2 aromatic carbocycles. The Labute approximate surface area is 201 Å². The SMILES string of the molecule is CCc1ccc2c(c1)CCC(C1CC1)N2Sc1ccc(OCC(=NN)C(C)=NC)c(CO)c1. The summed E-state index contributed by atoms with van der Waals surface area (Å²) in [5.41, 5.74) is 6.26. The Bertz CT molecular complexity index is 1050. The highest BCUT2D eigenvalue weighted by atomic mass is 32.2. The van der Waals surface area contributed by atoms with Crippen LogP contribution in [-0.4, -0.2) is 36.2 Å². The molecule has 0 aromatic heterocycles. The Morgan fingerprint density at radius 2 is 2.03 bits per heavy atom. The van der Waals surface area contributed by atoms with Crippen molar-refractivity contribution in [3.05, 3.63) is 53.1 Å². The molecular formula is C26H34N4O2S. The maximum Gasteiger partial charge on any atom is 0.134 e. The van der Waals surface area contributed by atoms with Gasteiger partial charge in [-0.05, 0) is 92.3 Å². The van der Waals surface area contributed by atoms with Gasteiger partial charge in [0, 0.05) is 23.5 Å². The molecule has 0 radical (unpaired) electrons. The predicted molar refractivity (Wildman–Crippen MR) is 138 cm³/mol. The summed E-state index contributed by atoms with van der Waals surface area (Å²) < 4.78 is 8.45. The molecule has 1 fully saturated rings. The third kappa shape index (κ3) is 5.36. The molecule has 2 aromatic rings. The molecule has 1 atom stereocenters. The Balaban J connectivity index is 1.55. The van der Waals surface area contributed by atoms with E-state index in [0.717, 1.165) is 34.9 Å². The Kier molecular flexibility index (Phi) is 7.60. The summed E-state index contributed by atoms with van der Waals surface area (Å²) in [6, 6.07) is 13.5. The summed E-state index contributed by atoms with van der Waals surface area (Å²) in [5, 5.41) is 13.8. The van der Waals surface area contributed by atoms with Crippen LogP contribution in [0.4, 0.5) is 5.69 Å². The highest BCUT2D eigenvalue weighted by Gasteiger charge is 2.38. The second kappa shape index (κ2) is 10.6. The highest BCUT2D eigenvalue weighted by Crippen LogP contribution is 2.47. The van der Waals surface area contributed by atoms with Crippen molar-refractivity contribution < 1.29 is 9.84 Å². The van der Waals surface area contributed by atoms with E-state index < -0.39 is 0 Å². The summed E-state index contributed by atoms with van der Waals surface area (Å²) in [4.78, 5) is 5.22. The van der Waals surface area contributed by atoms with Gasteiger partial charge >= 0.3 is 0 Å². The zero-order valence-electron chi connectivity index (χ0n) is 19.8. The fourth-order valence-corrected chi connectivity index (χ4v) is 5.64. The van der Waals surface area contributed by atoms with Gasteiger partial charge in [0.25, 0.3) is 0 Å². The van der Waals surface area contributed by atoms with Crippen molar-refractivity contribution in [1.82, 2.24) is 0 Å². The van der Waals surface area contributed by atoms with Gasteiger partial charge in [-0.25, -0.2) is 0 Å². The van der Waals surface area contributed by atoms with Crippen LogP contribution in [0.5, 0.6) is 5.75 Å². The highest BCUT2D eigenvalue weighted by molar-refractivity contribution is 8.00. The fraction of sp³-hybridized carbons (Fsp3) is 0.462. The van der Waals surface area contributed by atoms with Crippen molar-refractivity contribution in [2.75, 3.05) is 18.0 Å². The van der Waals surface area contributed by atoms with Gasteiger partial charge in [0.2, 0.25) is 0 Å². The van der Waals surface area contributed by atoms with E-state index >= 15 is 0 Å². The molecule has 33 heavy (non-hydrogen) atoms. The molecule has 1 heterocycles. The topological polar surface area (TPSA) is 83.4 Å². The molecule has 6 nitrogen and oxygen atoms in total. The number of fused-ring (bicyclic) bond motifs is 1. The maximum absolute atomic E-state index is 10.0.